The standard InChI is InChI=1S/C16H23FNO/c1-3-11-18(2)12-6-4-5-7-13-19-16-10-8-9-15(17)14-16/h3,8-10H,1,4-7,11-13H2,2H3. The summed E-state index contributed by atoms with van der Waals surface area (Å²) >= 11 is 0. The van der Waals surface area contributed by atoms with Gasteiger partial charge in [-0.1, -0.05) is 25.0 Å². The van der Waals surface area contributed by atoms with E-state index in [0.29, 0.717) is 12.4 Å². The molecule has 1 aromatic carbocycles. The summed E-state index contributed by atoms with van der Waals surface area (Å²) in [5.74, 6) is 0.119. The van der Waals surface area contributed by atoms with Gasteiger partial charge in [0.25, 0.3) is 0 Å². The Morgan fingerprint density at radius 1 is 1.32 bits per heavy atom. The first-order valence-corrected chi connectivity index (χ1v) is 6.82. The van der Waals surface area contributed by atoms with Gasteiger partial charge in [-0.05, 0) is 38.6 Å². The first-order chi connectivity index (χ1) is 9.22. The Labute approximate surface area is 115 Å². The second-order valence-electron chi connectivity index (χ2n) is 4.68. The molecule has 0 atom stereocenters. The number of halogens is 1. The highest BCUT2D eigenvalue weighted by atomic mass is 19.1. The van der Waals surface area contributed by atoms with E-state index in [1.807, 2.05) is 6.08 Å². The Kier molecular flexibility index (Phi) is 7.91. The Bertz CT molecular complexity index is 368. The number of hydrogen-bond acceptors (Lipinski definition) is 2. The van der Waals surface area contributed by atoms with Crippen molar-refractivity contribution in [2.75, 3.05) is 26.7 Å². The molecule has 0 aliphatic rings. The number of likely N-dealkylation sites (N-methyl/N-ethyl adjacent to an activating group) is 1. The number of nitrogens with zero attached hydrogens (tertiary/aromatic N) is 1. The molecule has 1 aromatic rings. The largest absolute Gasteiger partial charge is 0.493 e. The molecule has 2 nitrogen and oxygen atoms in total. The molecule has 1 rings (SSSR count). The predicted molar refractivity (Wildman–Crippen MR) is 76.9 cm³/mol. The number of hydrogen-bond donors (Lipinski definition) is 0. The minimum absolute atomic E-state index is 0.372. The molecule has 0 unspecified atom stereocenters. The van der Waals surface area contributed by atoms with Crippen LogP contribution in [0.4, 0.5) is 4.39 Å². The lowest BCUT2D eigenvalue weighted by Crippen LogP contribution is -2.19. The molecule has 0 heterocycles. The van der Waals surface area contributed by atoms with Crippen molar-refractivity contribution >= 4 is 0 Å². The fraction of sp³-hybridized carbons (Fsp3) is 0.500. The average molecular weight is 264 g/mol. The van der Waals surface area contributed by atoms with Crippen LogP contribution in [0.2, 0.25) is 0 Å². The number of rotatable bonds is 10. The molecule has 0 aromatic heterocycles. The summed E-state index contributed by atoms with van der Waals surface area (Å²) in [4.78, 5) is 2.26. The van der Waals surface area contributed by atoms with Gasteiger partial charge in [-0.15, -0.1) is 6.58 Å². The van der Waals surface area contributed by atoms with Crippen molar-refractivity contribution in [3.8, 4) is 5.75 Å². The van der Waals surface area contributed by atoms with Crippen molar-refractivity contribution in [3.63, 3.8) is 0 Å². The maximum absolute atomic E-state index is 12.8. The molecule has 0 fully saturated rings. The zero-order chi connectivity index (χ0) is 13.9. The van der Waals surface area contributed by atoms with Crippen LogP contribution in [0.15, 0.2) is 30.9 Å². The van der Waals surface area contributed by atoms with Crippen LogP contribution < -0.4 is 4.74 Å². The molecule has 0 aliphatic carbocycles. The van der Waals surface area contributed by atoms with Crippen LogP contribution in [-0.4, -0.2) is 31.6 Å². The minimum Gasteiger partial charge on any atom is -0.493 e. The molecular formula is C16H23FNO. The molecule has 0 spiro atoms. The van der Waals surface area contributed by atoms with E-state index in [4.69, 9.17) is 4.74 Å². The third-order valence-electron chi connectivity index (χ3n) is 2.87. The summed E-state index contributed by atoms with van der Waals surface area (Å²) in [5, 5.41) is 0. The van der Waals surface area contributed by atoms with Gasteiger partial charge in [0.15, 0.2) is 0 Å². The Balaban J connectivity index is 1.98. The van der Waals surface area contributed by atoms with Crippen molar-refractivity contribution in [2.24, 2.45) is 0 Å². The fourth-order valence-electron chi connectivity index (χ4n) is 1.84. The van der Waals surface area contributed by atoms with Gasteiger partial charge in [0.05, 0.1) is 12.7 Å². The number of unbranched alkanes of at least 4 members (excludes halogenated alkanes) is 3. The lowest BCUT2D eigenvalue weighted by Gasteiger charge is -2.13. The van der Waals surface area contributed by atoms with Gasteiger partial charge in [-0.3, -0.25) is 0 Å². The topological polar surface area (TPSA) is 12.5 Å². The Morgan fingerprint density at radius 3 is 2.84 bits per heavy atom. The van der Waals surface area contributed by atoms with Crippen LogP contribution in [0.25, 0.3) is 0 Å². The van der Waals surface area contributed by atoms with E-state index in [-0.39, 0.29) is 5.82 Å². The molecule has 105 valence electrons. The Morgan fingerprint density at radius 2 is 2.11 bits per heavy atom. The SMILES string of the molecule is C=CCN(C)CCCCCCOc1[c]c(F)ccc1. The monoisotopic (exact) mass is 264 g/mol. The Hall–Kier alpha value is -1.35. The van der Waals surface area contributed by atoms with Crippen LogP contribution >= 0.6 is 0 Å². The predicted octanol–water partition coefficient (Wildman–Crippen LogP) is 3.68. The van der Waals surface area contributed by atoms with Crippen molar-refractivity contribution in [3.05, 3.63) is 42.7 Å². The molecular weight excluding hydrogens is 241 g/mol. The average Bonchev–Trinajstić information content (AvgIpc) is 2.38. The summed E-state index contributed by atoms with van der Waals surface area (Å²) in [5.41, 5.74) is 0. The van der Waals surface area contributed by atoms with Crippen LogP contribution in [0.3, 0.4) is 0 Å². The van der Waals surface area contributed by atoms with Crippen molar-refractivity contribution in [2.45, 2.75) is 25.7 Å². The molecule has 0 N–H and O–H groups in total. The maximum atomic E-state index is 12.8. The third-order valence-corrected chi connectivity index (χ3v) is 2.87. The summed E-state index contributed by atoms with van der Waals surface area (Å²) in [6.45, 7) is 6.39. The lowest BCUT2D eigenvalue weighted by atomic mass is 10.2. The van der Waals surface area contributed by atoms with Crippen LogP contribution in [-0.2, 0) is 0 Å². The minimum atomic E-state index is -0.372. The first kappa shape index (κ1) is 15.7. The van der Waals surface area contributed by atoms with Gasteiger partial charge >= 0.3 is 0 Å². The van der Waals surface area contributed by atoms with E-state index in [1.165, 1.54) is 18.9 Å². The normalized spacial score (nSPS) is 10.7. The highest BCUT2D eigenvalue weighted by molar-refractivity contribution is 5.20. The molecule has 0 amide bonds. The van der Waals surface area contributed by atoms with E-state index in [0.717, 1.165) is 25.9 Å². The molecule has 1 radical (unpaired) electrons. The van der Waals surface area contributed by atoms with Gasteiger partial charge in [-0.2, -0.15) is 0 Å². The highest BCUT2D eigenvalue weighted by Crippen LogP contribution is 2.11. The molecule has 0 aliphatic heterocycles. The molecule has 3 heteroatoms. The molecule has 19 heavy (non-hydrogen) atoms. The van der Waals surface area contributed by atoms with E-state index in [1.54, 1.807) is 12.1 Å². The van der Waals surface area contributed by atoms with E-state index < -0.39 is 0 Å². The van der Waals surface area contributed by atoms with E-state index in [2.05, 4.69) is 24.6 Å². The van der Waals surface area contributed by atoms with Gasteiger partial charge in [-0.25, -0.2) is 4.39 Å². The molecule has 0 saturated carbocycles. The molecule has 0 bridgehead atoms. The smallest absolute Gasteiger partial charge is 0.135 e. The highest BCUT2D eigenvalue weighted by Gasteiger charge is 1.98. The van der Waals surface area contributed by atoms with Gasteiger partial charge in [0.1, 0.15) is 11.6 Å². The van der Waals surface area contributed by atoms with Crippen molar-refractivity contribution in [1.82, 2.24) is 4.90 Å². The molecule has 0 saturated heterocycles. The lowest BCUT2D eigenvalue weighted by molar-refractivity contribution is 0.298. The van der Waals surface area contributed by atoms with Gasteiger partial charge in [0, 0.05) is 6.54 Å². The second-order valence-corrected chi connectivity index (χ2v) is 4.68. The summed E-state index contributed by atoms with van der Waals surface area (Å²) in [6.07, 6.45) is 6.43. The number of ether oxygens (including phenoxy) is 1. The van der Waals surface area contributed by atoms with Gasteiger partial charge in [0.2, 0.25) is 0 Å². The third kappa shape index (κ3) is 7.62. The summed E-state index contributed by atoms with van der Waals surface area (Å²) < 4.78 is 18.3. The van der Waals surface area contributed by atoms with Crippen molar-refractivity contribution in [1.29, 1.82) is 0 Å². The first-order valence-electron chi connectivity index (χ1n) is 6.82. The van der Waals surface area contributed by atoms with Crippen LogP contribution in [0, 0.1) is 11.9 Å². The summed E-state index contributed by atoms with van der Waals surface area (Å²) in [6, 6.07) is 7.27. The van der Waals surface area contributed by atoms with Crippen LogP contribution in [0.1, 0.15) is 25.7 Å². The maximum Gasteiger partial charge on any atom is 0.135 e. The zero-order valence-electron chi connectivity index (χ0n) is 11.7. The summed E-state index contributed by atoms with van der Waals surface area (Å²) in [7, 11) is 2.10. The quantitative estimate of drug-likeness (QED) is 0.472. The zero-order valence-corrected chi connectivity index (χ0v) is 11.7. The second kappa shape index (κ2) is 9.56. The van der Waals surface area contributed by atoms with E-state index >= 15 is 0 Å². The fourth-order valence-corrected chi connectivity index (χ4v) is 1.84. The van der Waals surface area contributed by atoms with Gasteiger partial charge < -0.3 is 9.64 Å². The van der Waals surface area contributed by atoms with E-state index in [9.17, 15) is 4.39 Å². The number of benzene rings is 1. The van der Waals surface area contributed by atoms with Crippen molar-refractivity contribution < 1.29 is 9.13 Å². The van der Waals surface area contributed by atoms with Crippen LogP contribution in [0.5, 0.6) is 5.75 Å².